The number of rotatable bonds is 2. The Morgan fingerprint density at radius 1 is 0.614 bits per heavy atom. The minimum absolute atomic E-state index is 0. The van der Waals surface area contributed by atoms with Gasteiger partial charge in [0.2, 0.25) is 0 Å². The zero-order chi connectivity index (χ0) is 30.0. The van der Waals surface area contributed by atoms with Gasteiger partial charge in [-0.05, 0) is 93.1 Å². The molecule has 0 saturated carbocycles. The summed E-state index contributed by atoms with van der Waals surface area (Å²) in [5.74, 6) is -0.0253. The van der Waals surface area contributed by atoms with Crippen LogP contribution in [0, 0.1) is 27.7 Å². The van der Waals surface area contributed by atoms with Crippen molar-refractivity contribution in [3.05, 3.63) is 118 Å². The first kappa shape index (κ1) is 29.8. The van der Waals surface area contributed by atoms with E-state index in [4.69, 9.17) is 19.9 Å². The van der Waals surface area contributed by atoms with Crippen LogP contribution in [0.4, 0.5) is 0 Å². The van der Waals surface area contributed by atoms with Crippen LogP contribution in [0.1, 0.15) is 63.7 Å². The molecule has 0 fully saturated rings. The first-order chi connectivity index (χ1) is 20.6. The molecule has 5 aromatic rings. The molecule has 6 heteroatoms. The molecule has 0 radical (unpaired) electrons. The summed E-state index contributed by atoms with van der Waals surface area (Å²) in [7, 11) is 0. The second kappa shape index (κ2) is 11.0. The Balaban J connectivity index is 0.00000343. The molecule has 0 aliphatic carbocycles. The summed E-state index contributed by atoms with van der Waals surface area (Å²) in [4.78, 5) is 33.6. The van der Waals surface area contributed by atoms with Gasteiger partial charge in [0.15, 0.2) is 5.78 Å². The predicted molar refractivity (Wildman–Crippen MR) is 181 cm³/mol. The molecule has 8 bridgehead atoms. The van der Waals surface area contributed by atoms with Gasteiger partial charge in [0, 0.05) is 0 Å². The number of carbonyl (C=O) groups is 1. The van der Waals surface area contributed by atoms with E-state index in [0.29, 0.717) is 16.9 Å². The Morgan fingerprint density at radius 3 is 1.82 bits per heavy atom. The van der Waals surface area contributed by atoms with E-state index >= 15 is 0 Å². The van der Waals surface area contributed by atoms with Gasteiger partial charge in [-0.15, -0.1) is 22.1 Å². The molecule has 2 aliphatic rings. The van der Waals surface area contributed by atoms with E-state index in [-0.39, 0.29) is 28.8 Å². The fourth-order valence-electron chi connectivity index (χ4n) is 6.29. The number of benzene rings is 2. The minimum Gasteiger partial charge on any atom is -0.657 e. The van der Waals surface area contributed by atoms with Gasteiger partial charge in [-0.1, -0.05) is 77.9 Å². The second-order valence-corrected chi connectivity index (χ2v) is 12.2. The molecular weight excluding hydrogens is 553 g/mol. The van der Waals surface area contributed by atoms with E-state index in [9.17, 15) is 4.79 Å². The molecule has 0 amide bonds. The van der Waals surface area contributed by atoms with Crippen LogP contribution in [0.15, 0.2) is 72.8 Å². The summed E-state index contributed by atoms with van der Waals surface area (Å²) in [5.41, 5.74) is 13.9. The molecule has 212 valence electrons. The molecular formula is C38H32MgN4O. The second-order valence-electron chi connectivity index (χ2n) is 12.2. The fourth-order valence-corrected chi connectivity index (χ4v) is 6.29. The van der Waals surface area contributed by atoms with Crippen LogP contribution >= 0.6 is 0 Å². The van der Waals surface area contributed by atoms with E-state index in [2.05, 4.69) is 76.2 Å². The predicted octanol–water partition coefficient (Wildman–Crippen LogP) is 8.09. The van der Waals surface area contributed by atoms with Crippen LogP contribution in [0.25, 0.3) is 56.5 Å². The summed E-state index contributed by atoms with van der Waals surface area (Å²) >= 11 is 0. The van der Waals surface area contributed by atoms with Crippen LogP contribution in [0.5, 0.6) is 0 Å². The van der Waals surface area contributed by atoms with Gasteiger partial charge in [-0.2, -0.15) is 0 Å². The molecule has 2 aromatic carbocycles. The van der Waals surface area contributed by atoms with Gasteiger partial charge in [-0.25, -0.2) is 9.97 Å². The van der Waals surface area contributed by atoms with Crippen LogP contribution in [-0.2, 0) is 5.41 Å². The number of nitrogens with zero attached hydrogens (tertiary/aromatic N) is 4. The number of hydrogen-bond acceptors (Lipinski definition) is 3. The van der Waals surface area contributed by atoms with Crippen molar-refractivity contribution < 1.29 is 4.79 Å². The van der Waals surface area contributed by atoms with Crippen molar-refractivity contribution >= 4 is 63.1 Å². The summed E-state index contributed by atoms with van der Waals surface area (Å²) in [6.45, 7) is 12.3. The number of aryl methyl sites for hydroxylation is 4. The molecule has 0 atom stereocenters. The van der Waals surface area contributed by atoms with Crippen molar-refractivity contribution in [1.29, 1.82) is 0 Å². The average Bonchev–Trinajstić information content (AvgIpc) is 3.75. The SMILES string of the molecule is Cc1ccc(-c2c3nc(c(-c4c(C)cc(C)cc4C)c4ccc(cc5nc(cc6ccc2[n-]6)C(C)(C)C5=O)[n-]4)C=C3)cc1.[Mg+2]. The van der Waals surface area contributed by atoms with Crippen molar-refractivity contribution in [3.63, 3.8) is 0 Å². The van der Waals surface area contributed by atoms with Crippen LogP contribution in [0.2, 0.25) is 0 Å². The van der Waals surface area contributed by atoms with E-state index in [1.807, 2.05) is 44.2 Å². The molecule has 0 saturated heterocycles. The van der Waals surface area contributed by atoms with Gasteiger partial charge in [0.05, 0.1) is 22.5 Å². The number of carbonyl (C=O) groups excluding carboxylic acids is 1. The number of hydrogen-bond donors (Lipinski definition) is 0. The van der Waals surface area contributed by atoms with E-state index in [1.165, 1.54) is 11.1 Å². The quantitative estimate of drug-likeness (QED) is 0.192. The third-order valence-corrected chi connectivity index (χ3v) is 8.51. The number of ketones is 1. The number of fused-ring (bicyclic) bond motifs is 8. The Kier molecular flexibility index (Phi) is 7.46. The normalized spacial score (nSPS) is 13.6. The van der Waals surface area contributed by atoms with Gasteiger partial charge < -0.3 is 9.97 Å². The van der Waals surface area contributed by atoms with Crippen LogP contribution in [0.3, 0.4) is 0 Å². The smallest absolute Gasteiger partial charge is 0.657 e. The minimum atomic E-state index is -0.771. The number of Topliss-reactive ketones (excluding diaryl/α,β-unsaturated/α-hetero) is 1. The van der Waals surface area contributed by atoms with Crippen LogP contribution in [-0.4, -0.2) is 38.8 Å². The zero-order valence-electron chi connectivity index (χ0n) is 26.0. The van der Waals surface area contributed by atoms with Gasteiger partial charge in [0.1, 0.15) is 5.69 Å². The summed E-state index contributed by atoms with van der Waals surface area (Å²) < 4.78 is 0. The largest absolute Gasteiger partial charge is 2.00 e. The Labute approximate surface area is 273 Å². The third kappa shape index (κ3) is 5.02. The maximum absolute atomic E-state index is 13.5. The molecule has 2 aliphatic heterocycles. The molecule has 3 aromatic heterocycles. The zero-order valence-corrected chi connectivity index (χ0v) is 27.4. The standard InChI is InChI=1S/C38H33N4O.Mg/c1-21-7-9-25(10-8-21)35-28-13-12-27(40-28)20-33-38(5,6)37(43)32(42-33)19-26-11-14-30(39-26)36(31-16-15-29(35)41-31)34-23(3)17-22(2)18-24(34)4;/h7-20H,1-6H3,(H-,39,40,41,42,43);/q-1;+2/p-1. The molecule has 0 unspecified atom stereocenters. The first-order valence-corrected chi connectivity index (χ1v) is 14.6. The molecule has 44 heavy (non-hydrogen) atoms. The Hall–Kier alpha value is -4.26. The van der Waals surface area contributed by atoms with Crippen LogP contribution < -0.4 is 9.97 Å². The van der Waals surface area contributed by atoms with Gasteiger partial charge in [-0.3, -0.25) is 4.79 Å². The van der Waals surface area contributed by atoms with Crippen molar-refractivity contribution in [1.82, 2.24) is 19.9 Å². The monoisotopic (exact) mass is 584 g/mol. The van der Waals surface area contributed by atoms with E-state index in [1.54, 1.807) is 6.07 Å². The summed E-state index contributed by atoms with van der Waals surface area (Å²) in [6, 6.07) is 24.6. The summed E-state index contributed by atoms with van der Waals surface area (Å²) in [5, 5.41) is 0. The average molecular weight is 585 g/mol. The number of aromatic nitrogens is 4. The van der Waals surface area contributed by atoms with E-state index < -0.39 is 5.41 Å². The fraction of sp³-hybridized carbons (Fsp3) is 0.184. The molecule has 7 rings (SSSR count). The van der Waals surface area contributed by atoms with Gasteiger partial charge >= 0.3 is 23.1 Å². The van der Waals surface area contributed by atoms with Crippen molar-refractivity contribution in [2.45, 2.75) is 47.0 Å². The maximum atomic E-state index is 13.5. The molecule has 0 N–H and O–H groups in total. The Bertz CT molecular complexity index is 2140. The molecule has 5 nitrogen and oxygen atoms in total. The topological polar surface area (TPSA) is 71.1 Å². The van der Waals surface area contributed by atoms with Crippen molar-refractivity contribution in [3.8, 4) is 22.3 Å². The molecule has 0 spiro atoms. The first-order valence-electron chi connectivity index (χ1n) is 14.6. The van der Waals surface area contributed by atoms with Gasteiger partial charge in [0.25, 0.3) is 0 Å². The summed E-state index contributed by atoms with van der Waals surface area (Å²) in [6.07, 6.45) is 4.16. The third-order valence-electron chi connectivity index (χ3n) is 8.51. The molecule has 5 heterocycles. The van der Waals surface area contributed by atoms with Crippen molar-refractivity contribution in [2.75, 3.05) is 0 Å². The Morgan fingerprint density at radius 2 is 1.18 bits per heavy atom. The van der Waals surface area contributed by atoms with E-state index in [0.717, 1.165) is 61.3 Å². The van der Waals surface area contributed by atoms with Crippen molar-refractivity contribution in [2.24, 2.45) is 0 Å². The maximum Gasteiger partial charge on any atom is 2.00 e.